The molecule has 0 aromatic heterocycles. The van der Waals surface area contributed by atoms with Gasteiger partial charge in [-0.25, -0.2) is 4.39 Å². The molecule has 3 nitrogen and oxygen atoms in total. The number of aliphatic hydroxyl groups excluding tert-OH is 1. The number of aliphatic hydroxyl groups is 1. The molecule has 1 unspecified atom stereocenters. The van der Waals surface area contributed by atoms with E-state index in [9.17, 15) is 14.8 Å². The Labute approximate surface area is 99.4 Å². The van der Waals surface area contributed by atoms with Gasteiger partial charge in [0.05, 0.1) is 11.5 Å². The molecule has 4 heteroatoms. The zero-order chi connectivity index (χ0) is 12.3. The van der Waals surface area contributed by atoms with Crippen LogP contribution in [0.25, 0.3) is 0 Å². The molecule has 0 amide bonds. The Balaban J connectivity index is 2.32. The summed E-state index contributed by atoms with van der Waals surface area (Å²) in [5, 5.41) is 19.5. The number of nitrogens with zero attached hydrogens (tertiary/aromatic N) is 1. The van der Waals surface area contributed by atoms with E-state index in [0.717, 1.165) is 0 Å². The van der Waals surface area contributed by atoms with Gasteiger partial charge in [-0.1, -0.05) is 18.2 Å². The molecule has 17 heavy (non-hydrogen) atoms. The van der Waals surface area contributed by atoms with E-state index in [2.05, 4.69) is 6.07 Å². The van der Waals surface area contributed by atoms with Gasteiger partial charge in [0.1, 0.15) is 11.9 Å². The molecule has 0 saturated carbocycles. The fourth-order valence-electron chi connectivity index (χ4n) is 2.18. The number of hydrogen-bond donors (Lipinski definition) is 1. The molecular formula is C13H14FNO2. The van der Waals surface area contributed by atoms with Crippen LogP contribution in [-0.4, -0.2) is 18.3 Å². The van der Waals surface area contributed by atoms with Gasteiger partial charge in [-0.05, 0) is 18.9 Å². The lowest BCUT2D eigenvalue weighted by molar-refractivity contribution is -0.0322. The minimum Gasteiger partial charge on any atom is -0.387 e. The molecule has 1 aliphatic heterocycles. The van der Waals surface area contributed by atoms with Crippen LogP contribution in [0.5, 0.6) is 0 Å². The number of benzene rings is 1. The Bertz CT molecular complexity index is 435. The van der Waals surface area contributed by atoms with Gasteiger partial charge in [0.25, 0.3) is 0 Å². The lowest BCUT2D eigenvalue weighted by atomic mass is 9.74. The smallest absolute Gasteiger partial charge is 0.129 e. The first-order valence-electron chi connectivity index (χ1n) is 5.61. The molecular weight excluding hydrogens is 221 g/mol. The van der Waals surface area contributed by atoms with Crippen molar-refractivity contribution in [3.8, 4) is 6.07 Å². The Morgan fingerprint density at radius 1 is 1.35 bits per heavy atom. The minimum atomic E-state index is -1.10. The first kappa shape index (κ1) is 12.0. The van der Waals surface area contributed by atoms with Crippen molar-refractivity contribution in [2.45, 2.75) is 18.9 Å². The van der Waals surface area contributed by atoms with Crippen molar-refractivity contribution < 1.29 is 14.2 Å². The van der Waals surface area contributed by atoms with Crippen molar-refractivity contribution in [1.29, 1.82) is 5.26 Å². The minimum absolute atomic E-state index is 0.191. The van der Waals surface area contributed by atoms with Gasteiger partial charge in [0.15, 0.2) is 0 Å². The number of nitriles is 1. The van der Waals surface area contributed by atoms with E-state index in [-0.39, 0.29) is 5.56 Å². The second kappa shape index (κ2) is 4.82. The summed E-state index contributed by atoms with van der Waals surface area (Å²) in [6, 6.07) is 8.19. The Morgan fingerprint density at radius 3 is 2.59 bits per heavy atom. The second-order valence-electron chi connectivity index (χ2n) is 4.30. The van der Waals surface area contributed by atoms with Crippen molar-refractivity contribution >= 4 is 0 Å². The van der Waals surface area contributed by atoms with Gasteiger partial charge in [-0.15, -0.1) is 0 Å². The van der Waals surface area contributed by atoms with Crippen molar-refractivity contribution in [3.63, 3.8) is 0 Å². The van der Waals surface area contributed by atoms with E-state index in [1.54, 1.807) is 12.1 Å². The van der Waals surface area contributed by atoms with E-state index < -0.39 is 17.3 Å². The van der Waals surface area contributed by atoms with E-state index in [1.807, 2.05) is 0 Å². The molecule has 1 aromatic carbocycles. The van der Waals surface area contributed by atoms with Crippen LogP contribution in [0.1, 0.15) is 24.5 Å². The molecule has 2 rings (SSSR count). The zero-order valence-electron chi connectivity index (χ0n) is 9.40. The molecule has 1 fully saturated rings. The second-order valence-corrected chi connectivity index (χ2v) is 4.30. The highest BCUT2D eigenvalue weighted by molar-refractivity contribution is 5.25. The maximum atomic E-state index is 13.6. The quantitative estimate of drug-likeness (QED) is 0.854. The summed E-state index contributed by atoms with van der Waals surface area (Å²) in [5.41, 5.74) is -0.739. The Morgan fingerprint density at radius 2 is 2.00 bits per heavy atom. The van der Waals surface area contributed by atoms with Gasteiger partial charge in [0.2, 0.25) is 0 Å². The fraction of sp³-hybridized carbons (Fsp3) is 0.462. The monoisotopic (exact) mass is 235 g/mol. The molecule has 0 radical (unpaired) electrons. The van der Waals surface area contributed by atoms with Crippen molar-refractivity contribution in [3.05, 3.63) is 35.6 Å². The number of ether oxygens (including phenoxy) is 1. The Kier molecular flexibility index (Phi) is 3.41. The van der Waals surface area contributed by atoms with Crippen LogP contribution in [0.2, 0.25) is 0 Å². The molecule has 90 valence electrons. The number of halogens is 1. The van der Waals surface area contributed by atoms with Crippen LogP contribution >= 0.6 is 0 Å². The van der Waals surface area contributed by atoms with Gasteiger partial charge < -0.3 is 9.84 Å². The summed E-state index contributed by atoms with van der Waals surface area (Å²) in [7, 11) is 0. The standard InChI is InChI=1S/C13H14FNO2/c14-11-4-2-1-3-10(11)12(16)13(9-15)5-7-17-8-6-13/h1-4,12,16H,5-8H2. The van der Waals surface area contributed by atoms with E-state index in [1.165, 1.54) is 12.1 Å². The van der Waals surface area contributed by atoms with Gasteiger partial charge in [0, 0.05) is 18.8 Å². The average molecular weight is 235 g/mol. The number of rotatable bonds is 2. The Hall–Kier alpha value is -1.44. The van der Waals surface area contributed by atoms with Crippen LogP contribution < -0.4 is 0 Å². The highest BCUT2D eigenvalue weighted by Gasteiger charge is 2.41. The summed E-state index contributed by atoms with van der Waals surface area (Å²) >= 11 is 0. The normalized spacial score (nSPS) is 20.5. The fourth-order valence-corrected chi connectivity index (χ4v) is 2.18. The lowest BCUT2D eigenvalue weighted by Gasteiger charge is -2.35. The lowest BCUT2D eigenvalue weighted by Crippen LogP contribution is -2.34. The van der Waals surface area contributed by atoms with E-state index in [4.69, 9.17) is 4.74 Å². The third-order valence-electron chi connectivity index (χ3n) is 3.33. The predicted octanol–water partition coefficient (Wildman–Crippen LogP) is 2.18. The first-order valence-corrected chi connectivity index (χ1v) is 5.61. The largest absolute Gasteiger partial charge is 0.387 e. The molecule has 1 saturated heterocycles. The van der Waals surface area contributed by atoms with Crippen LogP contribution in [0.15, 0.2) is 24.3 Å². The first-order chi connectivity index (χ1) is 8.19. The summed E-state index contributed by atoms with van der Waals surface area (Å²) in [4.78, 5) is 0. The number of hydrogen-bond acceptors (Lipinski definition) is 3. The summed E-state index contributed by atoms with van der Waals surface area (Å²) in [5.74, 6) is -0.471. The summed E-state index contributed by atoms with van der Waals surface area (Å²) in [6.07, 6.45) is -0.240. The van der Waals surface area contributed by atoms with Crippen LogP contribution in [-0.2, 0) is 4.74 Å². The third kappa shape index (κ3) is 2.17. The molecule has 1 aromatic rings. The van der Waals surface area contributed by atoms with Crippen LogP contribution in [0.3, 0.4) is 0 Å². The summed E-state index contributed by atoms with van der Waals surface area (Å²) < 4.78 is 18.8. The topological polar surface area (TPSA) is 53.2 Å². The van der Waals surface area contributed by atoms with Crippen molar-refractivity contribution in [1.82, 2.24) is 0 Å². The average Bonchev–Trinajstić information content (AvgIpc) is 2.39. The third-order valence-corrected chi connectivity index (χ3v) is 3.33. The van der Waals surface area contributed by atoms with Crippen molar-refractivity contribution in [2.75, 3.05) is 13.2 Å². The maximum Gasteiger partial charge on any atom is 0.129 e. The predicted molar refractivity (Wildman–Crippen MR) is 59.5 cm³/mol. The molecule has 0 aliphatic carbocycles. The van der Waals surface area contributed by atoms with Crippen LogP contribution in [0.4, 0.5) is 4.39 Å². The molecule has 1 atom stereocenters. The van der Waals surface area contributed by atoms with Gasteiger partial charge in [-0.2, -0.15) is 5.26 Å². The molecule has 0 spiro atoms. The van der Waals surface area contributed by atoms with E-state index in [0.29, 0.717) is 26.1 Å². The molecule has 1 aliphatic rings. The van der Waals surface area contributed by atoms with E-state index >= 15 is 0 Å². The van der Waals surface area contributed by atoms with Crippen molar-refractivity contribution in [2.24, 2.45) is 5.41 Å². The molecule has 1 heterocycles. The van der Waals surface area contributed by atoms with Crippen LogP contribution in [0, 0.1) is 22.6 Å². The SMILES string of the molecule is N#CC1(C(O)c2ccccc2F)CCOCC1. The highest BCUT2D eigenvalue weighted by Crippen LogP contribution is 2.42. The highest BCUT2D eigenvalue weighted by atomic mass is 19.1. The van der Waals surface area contributed by atoms with Gasteiger partial charge in [-0.3, -0.25) is 0 Å². The summed E-state index contributed by atoms with van der Waals surface area (Å²) in [6.45, 7) is 0.859. The molecule has 1 N–H and O–H groups in total. The maximum absolute atomic E-state index is 13.6. The molecule has 0 bridgehead atoms. The zero-order valence-corrected chi connectivity index (χ0v) is 9.40. The van der Waals surface area contributed by atoms with Gasteiger partial charge >= 0.3 is 0 Å².